The number of hydrogen-bond acceptors (Lipinski definition) is 2. The lowest BCUT2D eigenvalue weighted by atomic mass is 10.1. The molecule has 0 amide bonds. The van der Waals surface area contributed by atoms with E-state index in [2.05, 4.69) is 17.1 Å². The molecule has 1 aliphatic heterocycles. The monoisotopic (exact) mass is 246 g/mol. The van der Waals surface area contributed by atoms with E-state index in [9.17, 15) is 8.78 Å². The number of alkyl halides is 2. The topological polar surface area (TPSA) is 15.3 Å². The zero-order valence-electron chi connectivity index (χ0n) is 10.7. The lowest BCUT2D eigenvalue weighted by Crippen LogP contribution is -2.40. The molecule has 2 rings (SSSR count). The second-order valence-electron chi connectivity index (χ2n) is 5.61. The Kier molecular flexibility index (Phi) is 4.36. The van der Waals surface area contributed by atoms with Gasteiger partial charge >= 0.3 is 0 Å². The molecule has 0 spiro atoms. The van der Waals surface area contributed by atoms with Crippen molar-refractivity contribution in [2.45, 2.75) is 51.0 Å². The quantitative estimate of drug-likeness (QED) is 0.802. The van der Waals surface area contributed by atoms with Crippen LogP contribution in [0.5, 0.6) is 0 Å². The molecule has 4 heteroatoms. The van der Waals surface area contributed by atoms with Crippen molar-refractivity contribution in [2.75, 3.05) is 26.2 Å². The Balaban J connectivity index is 1.84. The highest BCUT2D eigenvalue weighted by molar-refractivity contribution is 4.87. The van der Waals surface area contributed by atoms with Crippen LogP contribution in [0, 0.1) is 5.92 Å². The van der Waals surface area contributed by atoms with Crippen LogP contribution in [0.3, 0.4) is 0 Å². The van der Waals surface area contributed by atoms with Crippen LogP contribution in [0.1, 0.15) is 39.0 Å². The summed E-state index contributed by atoms with van der Waals surface area (Å²) in [6.07, 6.45) is 3.18. The molecule has 2 fully saturated rings. The number of nitrogens with zero attached hydrogens (tertiary/aromatic N) is 1. The molecule has 2 atom stereocenters. The molecular weight excluding hydrogens is 222 g/mol. The first-order valence-electron chi connectivity index (χ1n) is 6.93. The summed E-state index contributed by atoms with van der Waals surface area (Å²) in [7, 11) is 0. The van der Waals surface area contributed by atoms with Gasteiger partial charge in [-0.3, -0.25) is 4.90 Å². The second-order valence-corrected chi connectivity index (χ2v) is 5.61. The van der Waals surface area contributed by atoms with Crippen LogP contribution in [0.15, 0.2) is 0 Å². The summed E-state index contributed by atoms with van der Waals surface area (Å²) < 4.78 is 26.4. The van der Waals surface area contributed by atoms with E-state index < -0.39 is 5.92 Å². The summed E-state index contributed by atoms with van der Waals surface area (Å²) in [5.74, 6) is -2.19. The van der Waals surface area contributed by atoms with E-state index in [-0.39, 0.29) is 18.8 Å². The molecule has 100 valence electrons. The number of halogens is 2. The van der Waals surface area contributed by atoms with Gasteiger partial charge in [0.15, 0.2) is 0 Å². The van der Waals surface area contributed by atoms with Crippen molar-refractivity contribution in [1.29, 1.82) is 0 Å². The maximum Gasteiger partial charge on any atom is 0.248 e. The number of nitrogens with one attached hydrogen (secondary N) is 1. The van der Waals surface area contributed by atoms with E-state index in [4.69, 9.17) is 0 Å². The Hall–Kier alpha value is -0.220. The first kappa shape index (κ1) is 13.2. The molecule has 1 heterocycles. The summed E-state index contributed by atoms with van der Waals surface area (Å²) in [5, 5.41) is 3.36. The average Bonchev–Trinajstić information content (AvgIpc) is 2.87. The molecule has 2 nitrogen and oxygen atoms in total. The van der Waals surface area contributed by atoms with Crippen LogP contribution in [0.4, 0.5) is 8.78 Å². The standard InChI is InChI=1S/C13H24F2N2/c1-2-7-17(12-4-6-16-9-12)10-11-3-5-13(14,15)8-11/h11-12,16H,2-10H2,1H3. The Morgan fingerprint density at radius 1 is 1.35 bits per heavy atom. The first-order valence-corrected chi connectivity index (χ1v) is 6.93. The lowest BCUT2D eigenvalue weighted by Gasteiger charge is -2.30. The third kappa shape index (κ3) is 3.62. The Morgan fingerprint density at radius 2 is 2.18 bits per heavy atom. The van der Waals surface area contributed by atoms with Crippen molar-refractivity contribution >= 4 is 0 Å². The summed E-state index contributed by atoms with van der Waals surface area (Å²) in [6, 6.07) is 0.573. The molecule has 1 N–H and O–H groups in total. The molecule has 0 aromatic rings. The lowest BCUT2D eigenvalue weighted by molar-refractivity contribution is 0.00278. The maximum atomic E-state index is 13.2. The van der Waals surface area contributed by atoms with Crippen molar-refractivity contribution in [3.63, 3.8) is 0 Å². The van der Waals surface area contributed by atoms with E-state index in [0.717, 1.165) is 32.6 Å². The normalized spacial score (nSPS) is 32.5. The predicted molar refractivity (Wildman–Crippen MR) is 65.4 cm³/mol. The van der Waals surface area contributed by atoms with Gasteiger partial charge < -0.3 is 5.32 Å². The minimum absolute atomic E-state index is 0.0978. The van der Waals surface area contributed by atoms with Gasteiger partial charge in [-0.2, -0.15) is 0 Å². The van der Waals surface area contributed by atoms with Gasteiger partial charge in [0.1, 0.15) is 0 Å². The van der Waals surface area contributed by atoms with E-state index in [1.165, 1.54) is 6.42 Å². The molecule has 0 bridgehead atoms. The maximum absolute atomic E-state index is 13.2. The van der Waals surface area contributed by atoms with Gasteiger partial charge in [-0.05, 0) is 38.3 Å². The number of rotatable bonds is 5. The van der Waals surface area contributed by atoms with Crippen molar-refractivity contribution in [1.82, 2.24) is 10.2 Å². The van der Waals surface area contributed by atoms with Gasteiger partial charge in [-0.25, -0.2) is 8.78 Å². The van der Waals surface area contributed by atoms with Crippen molar-refractivity contribution < 1.29 is 8.78 Å². The Morgan fingerprint density at radius 3 is 2.71 bits per heavy atom. The SMILES string of the molecule is CCCN(CC1CCC(F)(F)C1)C1CCNC1. The van der Waals surface area contributed by atoms with Gasteiger partial charge in [0.2, 0.25) is 5.92 Å². The highest BCUT2D eigenvalue weighted by Crippen LogP contribution is 2.39. The summed E-state index contributed by atoms with van der Waals surface area (Å²) in [6.45, 7) is 6.19. The van der Waals surface area contributed by atoms with E-state index in [1.54, 1.807) is 0 Å². The molecule has 1 aliphatic carbocycles. The second kappa shape index (κ2) is 5.61. The fourth-order valence-electron chi connectivity index (χ4n) is 3.19. The predicted octanol–water partition coefficient (Wildman–Crippen LogP) is 2.50. The summed E-state index contributed by atoms with van der Waals surface area (Å²) >= 11 is 0. The largest absolute Gasteiger partial charge is 0.315 e. The molecule has 0 aromatic heterocycles. The van der Waals surface area contributed by atoms with Gasteiger partial charge in [-0.1, -0.05) is 6.92 Å². The van der Waals surface area contributed by atoms with Gasteiger partial charge in [-0.15, -0.1) is 0 Å². The van der Waals surface area contributed by atoms with Crippen molar-refractivity contribution in [3.8, 4) is 0 Å². The van der Waals surface area contributed by atoms with E-state index in [1.807, 2.05) is 0 Å². The van der Waals surface area contributed by atoms with Crippen LogP contribution in [0.25, 0.3) is 0 Å². The minimum Gasteiger partial charge on any atom is -0.315 e. The Labute approximate surface area is 103 Å². The van der Waals surface area contributed by atoms with Gasteiger partial charge in [0, 0.05) is 32.0 Å². The molecule has 1 saturated heterocycles. The molecule has 0 radical (unpaired) electrons. The zero-order valence-corrected chi connectivity index (χ0v) is 10.7. The molecule has 1 saturated carbocycles. The zero-order chi connectivity index (χ0) is 12.3. The van der Waals surface area contributed by atoms with Crippen molar-refractivity contribution in [3.05, 3.63) is 0 Å². The molecule has 0 aromatic carbocycles. The molecule has 2 unspecified atom stereocenters. The minimum atomic E-state index is -2.39. The summed E-state index contributed by atoms with van der Waals surface area (Å²) in [4.78, 5) is 2.44. The van der Waals surface area contributed by atoms with Crippen molar-refractivity contribution in [2.24, 2.45) is 5.92 Å². The fourth-order valence-corrected chi connectivity index (χ4v) is 3.19. The van der Waals surface area contributed by atoms with Gasteiger partial charge in [0.25, 0.3) is 0 Å². The Bertz CT molecular complexity index is 240. The van der Waals surface area contributed by atoms with Crippen LogP contribution in [-0.2, 0) is 0 Å². The van der Waals surface area contributed by atoms with Crippen LogP contribution in [0.2, 0.25) is 0 Å². The van der Waals surface area contributed by atoms with Crippen LogP contribution < -0.4 is 5.32 Å². The van der Waals surface area contributed by atoms with E-state index in [0.29, 0.717) is 12.5 Å². The first-order chi connectivity index (χ1) is 8.11. The van der Waals surface area contributed by atoms with E-state index >= 15 is 0 Å². The van der Waals surface area contributed by atoms with Crippen LogP contribution >= 0.6 is 0 Å². The highest BCUT2D eigenvalue weighted by Gasteiger charge is 2.40. The average molecular weight is 246 g/mol. The third-order valence-electron chi connectivity index (χ3n) is 4.06. The van der Waals surface area contributed by atoms with Crippen LogP contribution in [-0.4, -0.2) is 43.0 Å². The molecule has 2 aliphatic rings. The smallest absolute Gasteiger partial charge is 0.248 e. The highest BCUT2D eigenvalue weighted by atomic mass is 19.3. The third-order valence-corrected chi connectivity index (χ3v) is 4.06. The fraction of sp³-hybridized carbons (Fsp3) is 1.00. The van der Waals surface area contributed by atoms with Gasteiger partial charge in [0.05, 0.1) is 0 Å². The summed E-state index contributed by atoms with van der Waals surface area (Å²) in [5.41, 5.74) is 0. The number of hydrogen-bond donors (Lipinski definition) is 1. The molecule has 17 heavy (non-hydrogen) atoms. The molecular formula is C13H24F2N2.